The van der Waals surface area contributed by atoms with Gasteiger partial charge in [-0.25, -0.2) is 0 Å². The number of rotatable bonds is 2. The fourth-order valence-corrected chi connectivity index (χ4v) is 0.991. The molecule has 1 aromatic rings. The number of carbonyl (C=O) groups is 1. The van der Waals surface area contributed by atoms with Crippen molar-refractivity contribution in [3.05, 3.63) is 35.4 Å². The Kier molecular flexibility index (Phi) is 3.03. The number of benzene rings is 1. The molecule has 1 aromatic carbocycles. The second kappa shape index (κ2) is 4.25. The van der Waals surface area contributed by atoms with Crippen LogP contribution in [0.4, 0.5) is 0 Å². The van der Waals surface area contributed by atoms with Crippen LogP contribution >= 0.6 is 0 Å². The van der Waals surface area contributed by atoms with E-state index >= 15 is 0 Å². The zero-order valence-electron chi connectivity index (χ0n) is 7.32. The summed E-state index contributed by atoms with van der Waals surface area (Å²) >= 11 is 0. The maximum atomic E-state index is 11.2. The van der Waals surface area contributed by atoms with Gasteiger partial charge in [0.15, 0.2) is 0 Å². The Morgan fingerprint density at radius 1 is 1.62 bits per heavy atom. The number of carbonyl (C=O) groups excluding carboxylic acids is 1. The standard InChI is InChI=1S/C9H11N3O/c1-11-9(13)8-4-2-3-7(5-8)6-12-10/h2-6H,10H2,1H3,(H,11,13). The molecule has 0 aliphatic carbocycles. The Hall–Kier alpha value is -1.84. The summed E-state index contributed by atoms with van der Waals surface area (Å²) < 4.78 is 0. The lowest BCUT2D eigenvalue weighted by molar-refractivity contribution is 0.0963. The molecule has 0 spiro atoms. The molecule has 0 atom stereocenters. The van der Waals surface area contributed by atoms with Crippen molar-refractivity contribution < 1.29 is 4.79 Å². The van der Waals surface area contributed by atoms with Crippen LogP contribution in [0.1, 0.15) is 15.9 Å². The van der Waals surface area contributed by atoms with Gasteiger partial charge in [0, 0.05) is 12.6 Å². The summed E-state index contributed by atoms with van der Waals surface area (Å²) in [7, 11) is 1.59. The molecule has 0 radical (unpaired) electrons. The van der Waals surface area contributed by atoms with E-state index in [9.17, 15) is 4.79 Å². The summed E-state index contributed by atoms with van der Waals surface area (Å²) in [5.41, 5.74) is 1.41. The number of hydrogen-bond donors (Lipinski definition) is 2. The van der Waals surface area contributed by atoms with Gasteiger partial charge in [0.2, 0.25) is 0 Å². The van der Waals surface area contributed by atoms with E-state index in [0.717, 1.165) is 5.56 Å². The van der Waals surface area contributed by atoms with E-state index < -0.39 is 0 Å². The molecule has 0 saturated carbocycles. The predicted molar refractivity (Wildman–Crippen MR) is 51.6 cm³/mol. The first-order valence-corrected chi connectivity index (χ1v) is 3.83. The first-order valence-electron chi connectivity index (χ1n) is 3.83. The molecule has 0 unspecified atom stereocenters. The monoisotopic (exact) mass is 177 g/mol. The Bertz CT molecular complexity index is 333. The Balaban J connectivity index is 2.98. The highest BCUT2D eigenvalue weighted by molar-refractivity contribution is 5.95. The number of amides is 1. The van der Waals surface area contributed by atoms with Gasteiger partial charge in [-0.1, -0.05) is 12.1 Å². The minimum Gasteiger partial charge on any atom is -0.355 e. The molecule has 0 fully saturated rings. The van der Waals surface area contributed by atoms with Gasteiger partial charge in [0.25, 0.3) is 5.91 Å². The van der Waals surface area contributed by atoms with E-state index in [4.69, 9.17) is 5.84 Å². The summed E-state index contributed by atoms with van der Waals surface area (Å²) in [5.74, 6) is 4.87. The second-order valence-electron chi connectivity index (χ2n) is 2.48. The molecule has 4 nitrogen and oxygen atoms in total. The van der Waals surface area contributed by atoms with Crippen molar-refractivity contribution in [1.29, 1.82) is 0 Å². The number of nitrogens with two attached hydrogens (primary N) is 1. The van der Waals surface area contributed by atoms with Gasteiger partial charge in [-0.3, -0.25) is 4.79 Å². The lowest BCUT2D eigenvalue weighted by atomic mass is 10.1. The minimum absolute atomic E-state index is 0.118. The average molecular weight is 177 g/mol. The molecule has 1 rings (SSSR count). The fraction of sp³-hybridized carbons (Fsp3) is 0.111. The van der Waals surface area contributed by atoms with Crippen molar-refractivity contribution in [3.8, 4) is 0 Å². The zero-order valence-corrected chi connectivity index (χ0v) is 7.32. The van der Waals surface area contributed by atoms with Crippen LogP contribution in [0.2, 0.25) is 0 Å². The van der Waals surface area contributed by atoms with E-state index in [2.05, 4.69) is 10.4 Å². The lowest BCUT2D eigenvalue weighted by Gasteiger charge is -1.99. The third-order valence-corrected chi connectivity index (χ3v) is 1.60. The highest BCUT2D eigenvalue weighted by Gasteiger charge is 2.01. The van der Waals surface area contributed by atoms with Gasteiger partial charge in [-0.05, 0) is 17.7 Å². The maximum Gasteiger partial charge on any atom is 0.251 e. The first kappa shape index (κ1) is 9.25. The SMILES string of the molecule is CNC(=O)c1cccc(C=NN)c1. The second-order valence-corrected chi connectivity index (χ2v) is 2.48. The van der Waals surface area contributed by atoms with Crippen LogP contribution in [0.5, 0.6) is 0 Å². The van der Waals surface area contributed by atoms with Crippen molar-refractivity contribution in [1.82, 2.24) is 5.32 Å². The van der Waals surface area contributed by atoms with E-state index in [1.54, 1.807) is 25.2 Å². The third-order valence-electron chi connectivity index (χ3n) is 1.60. The maximum absolute atomic E-state index is 11.2. The van der Waals surface area contributed by atoms with Crippen molar-refractivity contribution >= 4 is 12.1 Å². The van der Waals surface area contributed by atoms with Crippen LogP contribution in [-0.2, 0) is 0 Å². The Morgan fingerprint density at radius 3 is 3.00 bits per heavy atom. The molecule has 0 aliphatic rings. The number of hydrogen-bond acceptors (Lipinski definition) is 3. The largest absolute Gasteiger partial charge is 0.355 e. The average Bonchev–Trinajstić information content (AvgIpc) is 2.18. The van der Waals surface area contributed by atoms with Crippen LogP contribution in [0.25, 0.3) is 0 Å². The van der Waals surface area contributed by atoms with Gasteiger partial charge in [0.05, 0.1) is 6.21 Å². The smallest absolute Gasteiger partial charge is 0.251 e. The third kappa shape index (κ3) is 2.30. The molecule has 13 heavy (non-hydrogen) atoms. The molecular weight excluding hydrogens is 166 g/mol. The highest BCUT2D eigenvalue weighted by Crippen LogP contribution is 2.02. The molecular formula is C9H11N3O. The Morgan fingerprint density at radius 2 is 2.38 bits per heavy atom. The molecule has 0 bridgehead atoms. The summed E-state index contributed by atoms with van der Waals surface area (Å²) in [4.78, 5) is 11.2. The summed E-state index contributed by atoms with van der Waals surface area (Å²) in [6, 6.07) is 7.05. The summed E-state index contributed by atoms with van der Waals surface area (Å²) in [5, 5.41) is 5.91. The highest BCUT2D eigenvalue weighted by atomic mass is 16.1. The van der Waals surface area contributed by atoms with Gasteiger partial charge < -0.3 is 11.2 Å². The topological polar surface area (TPSA) is 67.5 Å². The molecule has 68 valence electrons. The molecule has 0 heterocycles. The number of hydrazone groups is 1. The van der Waals surface area contributed by atoms with Gasteiger partial charge in [-0.2, -0.15) is 5.10 Å². The molecule has 0 aromatic heterocycles. The van der Waals surface area contributed by atoms with Crippen LogP contribution in [0.15, 0.2) is 29.4 Å². The molecule has 3 N–H and O–H groups in total. The number of nitrogens with zero attached hydrogens (tertiary/aromatic N) is 1. The first-order chi connectivity index (χ1) is 6.27. The van der Waals surface area contributed by atoms with Crippen molar-refractivity contribution in [2.45, 2.75) is 0 Å². The molecule has 4 heteroatoms. The van der Waals surface area contributed by atoms with Gasteiger partial charge >= 0.3 is 0 Å². The van der Waals surface area contributed by atoms with Crippen LogP contribution < -0.4 is 11.2 Å². The van der Waals surface area contributed by atoms with Crippen molar-refractivity contribution in [3.63, 3.8) is 0 Å². The molecule has 0 aliphatic heterocycles. The van der Waals surface area contributed by atoms with Gasteiger partial charge in [-0.15, -0.1) is 0 Å². The van der Waals surface area contributed by atoms with Crippen LogP contribution in [-0.4, -0.2) is 19.2 Å². The molecule has 0 saturated heterocycles. The van der Waals surface area contributed by atoms with Crippen LogP contribution in [0.3, 0.4) is 0 Å². The van der Waals surface area contributed by atoms with E-state index in [1.807, 2.05) is 6.07 Å². The normalized spacial score (nSPS) is 10.2. The quantitative estimate of drug-likeness (QED) is 0.388. The summed E-state index contributed by atoms with van der Waals surface area (Å²) in [6.07, 6.45) is 1.49. The van der Waals surface area contributed by atoms with E-state index in [1.165, 1.54) is 6.21 Å². The van der Waals surface area contributed by atoms with E-state index in [-0.39, 0.29) is 5.91 Å². The molecule has 1 amide bonds. The predicted octanol–water partition coefficient (Wildman–Crippen LogP) is 0.339. The van der Waals surface area contributed by atoms with Gasteiger partial charge in [0.1, 0.15) is 0 Å². The minimum atomic E-state index is -0.118. The van der Waals surface area contributed by atoms with Crippen molar-refractivity contribution in [2.75, 3.05) is 7.05 Å². The van der Waals surface area contributed by atoms with E-state index in [0.29, 0.717) is 5.56 Å². The Labute approximate surface area is 76.4 Å². The lowest BCUT2D eigenvalue weighted by Crippen LogP contribution is -2.17. The van der Waals surface area contributed by atoms with Crippen molar-refractivity contribution in [2.24, 2.45) is 10.9 Å². The van der Waals surface area contributed by atoms with Crippen LogP contribution in [0, 0.1) is 0 Å². The zero-order chi connectivity index (χ0) is 9.68. The summed E-state index contributed by atoms with van der Waals surface area (Å²) in [6.45, 7) is 0. The number of nitrogens with one attached hydrogen (secondary N) is 1. The fourth-order valence-electron chi connectivity index (χ4n) is 0.991.